The standard InChI is InChI=1S/C10H12BrN3O3/c1-13(6-9(12)15)5-7-3-2-4-8(10(7)11)14(16)17/h2-4H,5-6H2,1H3,(H2,12,15). The molecule has 0 aliphatic carbocycles. The summed E-state index contributed by atoms with van der Waals surface area (Å²) in [6.07, 6.45) is 0. The fraction of sp³-hybridized carbons (Fsp3) is 0.300. The molecule has 1 aromatic carbocycles. The Morgan fingerprint density at radius 1 is 1.59 bits per heavy atom. The first-order valence-electron chi connectivity index (χ1n) is 4.80. The first-order valence-corrected chi connectivity index (χ1v) is 5.59. The maximum Gasteiger partial charge on any atom is 0.283 e. The highest BCUT2D eigenvalue weighted by atomic mass is 79.9. The summed E-state index contributed by atoms with van der Waals surface area (Å²) in [5.74, 6) is -0.436. The SMILES string of the molecule is CN(CC(N)=O)Cc1cccc([N+](=O)[O-])c1Br. The number of halogens is 1. The van der Waals surface area contributed by atoms with Crippen LogP contribution in [0.15, 0.2) is 22.7 Å². The van der Waals surface area contributed by atoms with Gasteiger partial charge in [-0.2, -0.15) is 0 Å². The first kappa shape index (κ1) is 13.6. The fourth-order valence-corrected chi connectivity index (χ4v) is 1.98. The molecule has 1 rings (SSSR count). The first-order chi connectivity index (χ1) is 7.91. The van der Waals surface area contributed by atoms with Crippen LogP contribution in [-0.2, 0) is 11.3 Å². The van der Waals surface area contributed by atoms with Crippen molar-refractivity contribution < 1.29 is 9.72 Å². The number of nitrogens with two attached hydrogens (primary N) is 1. The number of nitrogens with zero attached hydrogens (tertiary/aromatic N) is 2. The van der Waals surface area contributed by atoms with Gasteiger partial charge in [-0.25, -0.2) is 0 Å². The van der Waals surface area contributed by atoms with Gasteiger partial charge in [0, 0.05) is 12.6 Å². The van der Waals surface area contributed by atoms with Crippen molar-refractivity contribution in [3.05, 3.63) is 38.3 Å². The summed E-state index contributed by atoms with van der Waals surface area (Å²) in [7, 11) is 1.72. The quantitative estimate of drug-likeness (QED) is 0.655. The highest BCUT2D eigenvalue weighted by Crippen LogP contribution is 2.28. The van der Waals surface area contributed by atoms with Crippen LogP contribution in [0.5, 0.6) is 0 Å². The maximum atomic E-state index is 10.7. The molecule has 92 valence electrons. The number of amides is 1. The molecule has 1 amide bonds. The van der Waals surface area contributed by atoms with Gasteiger partial charge in [0.1, 0.15) is 0 Å². The zero-order chi connectivity index (χ0) is 13.0. The number of hydrogen-bond acceptors (Lipinski definition) is 4. The van der Waals surface area contributed by atoms with Gasteiger partial charge >= 0.3 is 0 Å². The fourth-order valence-electron chi connectivity index (χ4n) is 1.44. The molecular formula is C10H12BrN3O3. The van der Waals surface area contributed by atoms with Crippen molar-refractivity contribution in [3.63, 3.8) is 0 Å². The maximum absolute atomic E-state index is 10.7. The van der Waals surface area contributed by atoms with E-state index in [1.165, 1.54) is 6.07 Å². The molecule has 0 unspecified atom stereocenters. The Labute approximate surface area is 107 Å². The molecule has 7 heteroatoms. The Morgan fingerprint density at radius 3 is 2.76 bits per heavy atom. The molecule has 0 heterocycles. The normalized spacial score (nSPS) is 10.5. The van der Waals surface area contributed by atoms with Gasteiger partial charge < -0.3 is 5.73 Å². The molecule has 0 radical (unpaired) electrons. The number of rotatable bonds is 5. The van der Waals surface area contributed by atoms with E-state index in [9.17, 15) is 14.9 Å². The summed E-state index contributed by atoms with van der Waals surface area (Å²) in [4.78, 5) is 22.7. The number of carbonyl (C=O) groups is 1. The number of nitro groups is 1. The Morgan fingerprint density at radius 2 is 2.24 bits per heavy atom. The van der Waals surface area contributed by atoms with Crippen molar-refractivity contribution in [2.24, 2.45) is 5.73 Å². The van der Waals surface area contributed by atoms with Gasteiger partial charge in [-0.15, -0.1) is 0 Å². The lowest BCUT2D eigenvalue weighted by Crippen LogP contribution is -2.30. The van der Waals surface area contributed by atoms with E-state index in [2.05, 4.69) is 15.9 Å². The second-order valence-corrected chi connectivity index (χ2v) is 4.44. The molecule has 0 fully saturated rings. The van der Waals surface area contributed by atoms with E-state index in [-0.39, 0.29) is 12.2 Å². The molecule has 0 atom stereocenters. The lowest BCUT2D eigenvalue weighted by molar-refractivity contribution is -0.385. The minimum Gasteiger partial charge on any atom is -0.369 e. The zero-order valence-electron chi connectivity index (χ0n) is 9.22. The number of hydrogen-bond donors (Lipinski definition) is 1. The van der Waals surface area contributed by atoms with Crippen LogP contribution < -0.4 is 5.73 Å². The van der Waals surface area contributed by atoms with Crippen LogP contribution in [0.25, 0.3) is 0 Å². The summed E-state index contributed by atoms with van der Waals surface area (Å²) in [5, 5.41) is 10.7. The molecule has 0 aromatic heterocycles. The summed E-state index contributed by atoms with van der Waals surface area (Å²) in [6.45, 7) is 0.514. The molecule has 0 aliphatic rings. The highest BCUT2D eigenvalue weighted by Gasteiger charge is 2.15. The molecule has 0 saturated heterocycles. The van der Waals surface area contributed by atoms with Gasteiger partial charge in [-0.05, 0) is 28.5 Å². The van der Waals surface area contributed by atoms with Crippen molar-refractivity contribution in [1.82, 2.24) is 4.90 Å². The summed E-state index contributed by atoms with van der Waals surface area (Å²) in [6, 6.07) is 4.78. The topological polar surface area (TPSA) is 89.5 Å². The van der Waals surface area contributed by atoms with Crippen molar-refractivity contribution in [1.29, 1.82) is 0 Å². The average molecular weight is 302 g/mol. The van der Waals surface area contributed by atoms with E-state index in [1.54, 1.807) is 24.1 Å². The predicted molar refractivity (Wildman–Crippen MR) is 66.3 cm³/mol. The Balaban J connectivity index is 2.88. The molecule has 0 bridgehead atoms. The Kier molecular flexibility index (Phi) is 4.59. The van der Waals surface area contributed by atoms with E-state index >= 15 is 0 Å². The second kappa shape index (κ2) is 5.74. The number of carbonyl (C=O) groups excluding carboxylic acids is 1. The molecule has 6 nitrogen and oxygen atoms in total. The number of benzene rings is 1. The minimum absolute atomic E-state index is 0.00924. The Hall–Kier alpha value is -1.47. The predicted octanol–water partition coefficient (Wildman–Crippen LogP) is 1.27. The van der Waals surface area contributed by atoms with E-state index in [4.69, 9.17) is 5.73 Å². The number of nitro benzene ring substituents is 1. The van der Waals surface area contributed by atoms with Crippen molar-refractivity contribution >= 4 is 27.5 Å². The molecule has 0 saturated carbocycles. The third-order valence-electron chi connectivity index (χ3n) is 2.12. The van der Waals surface area contributed by atoms with Crippen LogP contribution in [0.3, 0.4) is 0 Å². The zero-order valence-corrected chi connectivity index (χ0v) is 10.8. The van der Waals surface area contributed by atoms with Crippen molar-refractivity contribution in [2.45, 2.75) is 6.54 Å². The third kappa shape index (κ3) is 3.79. The Bertz CT molecular complexity index is 450. The van der Waals surface area contributed by atoms with Crippen LogP contribution in [0.4, 0.5) is 5.69 Å². The minimum atomic E-state index is -0.457. The second-order valence-electron chi connectivity index (χ2n) is 3.65. The van der Waals surface area contributed by atoms with Crippen molar-refractivity contribution in [3.8, 4) is 0 Å². The van der Waals surface area contributed by atoms with Crippen LogP contribution in [0, 0.1) is 10.1 Å². The van der Waals surface area contributed by atoms with Crippen LogP contribution in [0.2, 0.25) is 0 Å². The highest BCUT2D eigenvalue weighted by molar-refractivity contribution is 9.10. The van der Waals surface area contributed by atoms with Crippen LogP contribution >= 0.6 is 15.9 Å². The van der Waals surface area contributed by atoms with Crippen molar-refractivity contribution in [2.75, 3.05) is 13.6 Å². The molecule has 17 heavy (non-hydrogen) atoms. The molecule has 1 aromatic rings. The van der Waals surface area contributed by atoms with E-state index in [0.29, 0.717) is 11.0 Å². The van der Waals surface area contributed by atoms with Crippen LogP contribution in [0.1, 0.15) is 5.56 Å². The summed E-state index contributed by atoms with van der Waals surface area (Å²) >= 11 is 3.19. The molecule has 0 aliphatic heterocycles. The largest absolute Gasteiger partial charge is 0.369 e. The van der Waals surface area contributed by atoms with Crippen LogP contribution in [-0.4, -0.2) is 29.3 Å². The molecular weight excluding hydrogens is 290 g/mol. The third-order valence-corrected chi connectivity index (χ3v) is 3.04. The number of primary amides is 1. The van der Waals surface area contributed by atoms with Gasteiger partial charge in [0.05, 0.1) is 15.9 Å². The van der Waals surface area contributed by atoms with E-state index in [0.717, 1.165) is 5.56 Å². The smallest absolute Gasteiger partial charge is 0.283 e. The van der Waals surface area contributed by atoms with Gasteiger partial charge in [0.15, 0.2) is 0 Å². The lowest BCUT2D eigenvalue weighted by Gasteiger charge is -2.15. The monoisotopic (exact) mass is 301 g/mol. The van der Waals surface area contributed by atoms with E-state index in [1.807, 2.05) is 0 Å². The lowest BCUT2D eigenvalue weighted by atomic mass is 10.2. The summed E-state index contributed by atoms with van der Waals surface area (Å²) < 4.78 is 0.432. The summed E-state index contributed by atoms with van der Waals surface area (Å²) in [5.41, 5.74) is 5.81. The number of likely N-dealkylation sites (N-methyl/N-ethyl adjacent to an activating group) is 1. The van der Waals surface area contributed by atoms with Gasteiger partial charge in [-0.1, -0.05) is 12.1 Å². The molecule has 0 spiro atoms. The van der Waals surface area contributed by atoms with Gasteiger partial charge in [-0.3, -0.25) is 19.8 Å². The van der Waals surface area contributed by atoms with Gasteiger partial charge in [0.25, 0.3) is 5.69 Å². The average Bonchev–Trinajstić information content (AvgIpc) is 2.19. The van der Waals surface area contributed by atoms with Gasteiger partial charge in [0.2, 0.25) is 5.91 Å². The molecule has 2 N–H and O–H groups in total. The van der Waals surface area contributed by atoms with E-state index < -0.39 is 10.8 Å².